The SMILES string of the molecule is COc1ccc(CN(C)C(=O)C(C)N(c2ccc(F)cc2)S(C)(=O)=O)cc1. The Balaban J connectivity index is 2.21. The van der Waals surface area contributed by atoms with E-state index in [1.165, 1.54) is 24.0 Å². The number of sulfonamides is 1. The molecule has 0 saturated carbocycles. The lowest BCUT2D eigenvalue weighted by atomic mass is 10.2. The molecule has 146 valence electrons. The van der Waals surface area contributed by atoms with Crippen LogP contribution in [0.2, 0.25) is 0 Å². The molecule has 0 bridgehead atoms. The van der Waals surface area contributed by atoms with Gasteiger partial charge in [-0.25, -0.2) is 12.8 Å². The number of hydrogen-bond donors (Lipinski definition) is 0. The predicted octanol–water partition coefficient (Wildman–Crippen LogP) is 2.65. The summed E-state index contributed by atoms with van der Waals surface area (Å²) in [5, 5.41) is 0. The normalized spacial score (nSPS) is 12.3. The van der Waals surface area contributed by atoms with E-state index < -0.39 is 21.9 Å². The summed E-state index contributed by atoms with van der Waals surface area (Å²) in [5.74, 6) is -0.149. The van der Waals surface area contributed by atoms with Gasteiger partial charge >= 0.3 is 0 Å². The number of methoxy groups -OCH3 is 1. The van der Waals surface area contributed by atoms with E-state index in [0.717, 1.165) is 28.3 Å². The van der Waals surface area contributed by atoms with Gasteiger partial charge in [-0.1, -0.05) is 12.1 Å². The summed E-state index contributed by atoms with van der Waals surface area (Å²) in [7, 11) is -0.567. The monoisotopic (exact) mass is 394 g/mol. The van der Waals surface area contributed by atoms with Crippen molar-refractivity contribution in [1.29, 1.82) is 0 Å². The minimum atomic E-state index is -3.74. The van der Waals surface area contributed by atoms with E-state index in [0.29, 0.717) is 12.3 Å². The smallest absolute Gasteiger partial charge is 0.246 e. The number of ether oxygens (including phenoxy) is 1. The number of benzene rings is 2. The first-order valence-corrected chi connectivity index (χ1v) is 10.1. The Bertz CT molecular complexity index is 883. The zero-order chi connectivity index (χ0) is 20.2. The third-order valence-electron chi connectivity index (χ3n) is 4.10. The van der Waals surface area contributed by atoms with Crippen molar-refractivity contribution in [2.24, 2.45) is 0 Å². The van der Waals surface area contributed by atoms with Crippen molar-refractivity contribution in [3.63, 3.8) is 0 Å². The molecule has 2 aromatic rings. The van der Waals surface area contributed by atoms with E-state index in [4.69, 9.17) is 4.74 Å². The average Bonchev–Trinajstić information content (AvgIpc) is 2.62. The summed E-state index contributed by atoms with van der Waals surface area (Å²) < 4.78 is 43.8. The lowest BCUT2D eigenvalue weighted by molar-refractivity contribution is -0.131. The Morgan fingerprint density at radius 2 is 1.67 bits per heavy atom. The third-order valence-corrected chi connectivity index (χ3v) is 5.34. The van der Waals surface area contributed by atoms with E-state index in [2.05, 4.69) is 0 Å². The predicted molar refractivity (Wildman–Crippen MR) is 103 cm³/mol. The standard InChI is InChI=1S/C19H23FN2O4S/c1-14(22(27(4,24)25)17-9-7-16(20)8-10-17)19(23)21(2)13-15-5-11-18(26-3)12-6-15/h5-12,14H,13H2,1-4H3. The largest absolute Gasteiger partial charge is 0.497 e. The molecule has 1 atom stereocenters. The highest BCUT2D eigenvalue weighted by Gasteiger charge is 2.31. The van der Waals surface area contributed by atoms with E-state index in [1.54, 1.807) is 26.3 Å². The minimum Gasteiger partial charge on any atom is -0.497 e. The van der Waals surface area contributed by atoms with Crippen LogP contribution in [0.1, 0.15) is 12.5 Å². The quantitative estimate of drug-likeness (QED) is 0.724. The first-order valence-electron chi connectivity index (χ1n) is 8.26. The molecule has 2 aromatic carbocycles. The lowest BCUT2D eigenvalue weighted by Gasteiger charge is -2.31. The van der Waals surface area contributed by atoms with E-state index in [1.807, 2.05) is 12.1 Å². The van der Waals surface area contributed by atoms with Crippen LogP contribution in [-0.4, -0.2) is 45.7 Å². The molecule has 0 heterocycles. The average molecular weight is 394 g/mol. The second-order valence-corrected chi connectivity index (χ2v) is 8.11. The highest BCUT2D eigenvalue weighted by atomic mass is 32.2. The number of carbonyl (C=O) groups excluding carboxylic acids is 1. The van der Waals surface area contributed by atoms with Crippen LogP contribution < -0.4 is 9.04 Å². The topological polar surface area (TPSA) is 66.9 Å². The third kappa shape index (κ3) is 5.19. The van der Waals surface area contributed by atoms with Gasteiger partial charge < -0.3 is 9.64 Å². The summed E-state index contributed by atoms with van der Waals surface area (Å²) in [6, 6.07) is 11.3. The van der Waals surface area contributed by atoms with Gasteiger partial charge in [0.1, 0.15) is 17.6 Å². The number of anilines is 1. The number of rotatable bonds is 7. The van der Waals surface area contributed by atoms with Crippen molar-refractivity contribution in [1.82, 2.24) is 4.90 Å². The maximum atomic E-state index is 13.2. The molecule has 0 aliphatic heterocycles. The molecule has 0 aromatic heterocycles. The first-order chi connectivity index (χ1) is 12.6. The molecule has 0 saturated heterocycles. The van der Waals surface area contributed by atoms with Crippen molar-refractivity contribution in [3.05, 3.63) is 59.9 Å². The molecule has 0 N–H and O–H groups in total. The van der Waals surface area contributed by atoms with Crippen LogP contribution >= 0.6 is 0 Å². The Hall–Kier alpha value is -2.61. The molecule has 2 rings (SSSR count). The lowest BCUT2D eigenvalue weighted by Crippen LogP contribution is -2.48. The fourth-order valence-corrected chi connectivity index (χ4v) is 3.96. The number of likely N-dealkylation sites (N-methyl/N-ethyl adjacent to an activating group) is 1. The van der Waals surface area contributed by atoms with Crippen molar-refractivity contribution in [2.75, 3.05) is 24.7 Å². The van der Waals surface area contributed by atoms with Crippen LogP contribution in [0.15, 0.2) is 48.5 Å². The number of halogens is 1. The molecule has 0 fully saturated rings. The molecule has 1 amide bonds. The second kappa shape index (κ2) is 8.39. The van der Waals surface area contributed by atoms with Crippen molar-refractivity contribution in [3.8, 4) is 5.75 Å². The van der Waals surface area contributed by atoms with E-state index in [9.17, 15) is 17.6 Å². The van der Waals surface area contributed by atoms with Crippen LogP contribution in [-0.2, 0) is 21.4 Å². The van der Waals surface area contributed by atoms with Gasteiger partial charge in [0.25, 0.3) is 0 Å². The maximum absolute atomic E-state index is 13.2. The first kappa shape index (κ1) is 20.7. The fourth-order valence-electron chi connectivity index (χ4n) is 2.79. The van der Waals surface area contributed by atoms with Crippen LogP contribution in [0.3, 0.4) is 0 Å². The van der Waals surface area contributed by atoms with Crippen molar-refractivity contribution < 1.29 is 22.3 Å². The Morgan fingerprint density at radius 1 is 1.11 bits per heavy atom. The number of hydrogen-bond acceptors (Lipinski definition) is 4. The molecule has 1 unspecified atom stereocenters. The van der Waals surface area contributed by atoms with Gasteiger partial charge in [0.15, 0.2) is 0 Å². The van der Waals surface area contributed by atoms with Gasteiger partial charge in [-0.05, 0) is 48.9 Å². The van der Waals surface area contributed by atoms with E-state index >= 15 is 0 Å². The zero-order valence-electron chi connectivity index (χ0n) is 15.7. The zero-order valence-corrected chi connectivity index (χ0v) is 16.5. The minimum absolute atomic E-state index is 0.234. The van der Waals surface area contributed by atoms with Crippen molar-refractivity contribution >= 4 is 21.6 Å². The molecule has 8 heteroatoms. The van der Waals surface area contributed by atoms with Gasteiger partial charge in [0.2, 0.25) is 15.9 Å². The Kier molecular flexibility index (Phi) is 6.43. The van der Waals surface area contributed by atoms with Crippen LogP contribution in [0.25, 0.3) is 0 Å². The molecule has 0 aliphatic rings. The summed E-state index contributed by atoms with van der Waals surface area (Å²) in [6.45, 7) is 1.82. The van der Waals surface area contributed by atoms with Crippen LogP contribution in [0.5, 0.6) is 5.75 Å². The maximum Gasteiger partial charge on any atom is 0.246 e. The molecule has 6 nitrogen and oxygen atoms in total. The van der Waals surface area contributed by atoms with Gasteiger partial charge in [0.05, 0.1) is 19.1 Å². The molecular formula is C19H23FN2O4S. The summed E-state index contributed by atoms with van der Waals surface area (Å²) in [5.41, 5.74) is 1.11. The van der Waals surface area contributed by atoms with E-state index in [-0.39, 0.29) is 11.6 Å². The van der Waals surface area contributed by atoms with Crippen molar-refractivity contribution in [2.45, 2.75) is 19.5 Å². The molecule has 0 radical (unpaired) electrons. The highest BCUT2D eigenvalue weighted by molar-refractivity contribution is 7.92. The Labute approximate surface area is 159 Å². The number of carbonyl (C=O) groups is 1. The second-order valence-electron chi connectivity index (χ2n) is 6.25. The van der Waals surface area contributed by atoms with Crippen LogP contribution in [0.4, 0.5) is 10.1 Å². The molecule has 0 aliphatic carbocycles. The summed E-state index contributed by atoms with van der Waals surface area (Å²) in [6.07, 6.45) is 1.02. The van der Waals surface area contributed by atoms with Gasteiger partial charge in [-0.15, -0.1) is 0 Å². The number of nitrogens with zero attached hydrogens (tertiary/aromatic N) is 2. The van der Waals surface area contributed by atoms with Crippen LogP contribution in [0, 0.1) is 5.82 Å². The summed E-state index contributed by atoms with van der Waals surface area (Å²) >= 11 is 0. The van der Waals surface area contributed by atoms with Gasteiger partial charge in [0, 0.05) is 13.6 Å². The van der Waals surface area contributed by atoms with Gasteiger partial charge in [-0.3, -0.25) is 9.10 Å². The number of amides is 1. The summed E-state index contributed by atoms with van der Waals surface area (Å²) in [4.78, 5) is 14.3. The highest BCUT2D eigenvalue weighted by Crippen LogP contribution is 2.22. The van der Waals surface area contributed by atoms with Gasteiger partial charge in [-0.2, -0.15) is 0 Å². The molecule has 27 heavy (non-hydrogen) atoms. The Morgan fingerprint density at radius 3 is 2.15 bits per heavy atom. The molecule has 0 spiro atoms. The molecular weight excluding hydrogens is 371 g/mol. The fraction of sp³-hybridized carbons (Fsp3) is 0.316.